The lowest BCUT2D eigenvalue weighted by Crippen LogP contribution is -2.20. The van der Waals surface area contributed by atoms with E-state index in [9.17, 15) is 4.79 Å². The highest BCUT2D eigenvalue weighted by molar-refractivity contribution is 5.91. The fourth-order valence-electron chi connectivity index (χ4n) is 4.40. The van der Waals surface area contributed by atoms with Crippen molar-refractivity contribution in [2.45, 2.75) is 58.3 Å². The molecule has 1 saturated carbocycles. The molecule has 2 atom stereocenters. The fourth-order valence-corrected chi connectivity index (χ4v) is 4.40. The zero-order valence-corrected chi connectivity index (χ0v) is 17.8. The second kappa shape index (κ2) is 11.4. The van der Waals surface area contributed by atoms with Crippen LogP contribution in [0.5, 0.6) is 11.5 Å². The summed E-state index contributed by atoms with van der Waals surface area (Å²) in [5.74, 6) is 2.54. The molecular formula is C26H31NO3. The van der Waals surface area contributed by atoms with E-state index in [-0.39, 0.29) is 0 Å². The Kier molecular flexibility index (Phi) is 8.32. The first-order valence-electron chi connectivity index (χ1n) is 11.1. The molecule has 0 N–H and O–H groups in total. The summed E-state index contributed by atoms with van der Waals surface area (Å²) in [6.07, 6.45) is 10.5. The highest BCUT2D eigenvalue weighted by Gasteiger charge is 2.23. The lowest BCUT2D eigenvalue weighted by molar-refractivity contribution is 0.0734. The Labute approximate surface area is 179 Å². The third-order valence-electron chi connectivity index (χ3n) is 6.00. The third-order valence-corrected chi connectivity index (χ3v) is 6.00. The molecule has 1 fully saturated rings. The Balaban J connectivity index is 1.42. The second-order valence-corrected chi connectivity index (χ2v) is 8.13. The van der Waals surface area contributed by atoms with Crippen molar-refractivity contribution in [2.24, 2.45) is 11.8 Å². The Morgan fingerprint density at radius 2 is 1.60 bits per heavy atom. The minimum Gasteiger partial charge on any atom is -0.494 e. The molecule has 30 heavy (non-hydrogen) atoms. The number of carbonyl (C=O) groups excluding carboxylic acids is 1. The van der Waals surface area contributed by atoms with E-state index in [1.54, 1.807) is 36.4 Å². The summed E-state index contributed by atoms with van der Waals surface area (Å²) in [5.41, 5.74) is 0.997. The number of carbonyl (C=O) groups is 1. The molecular weight excluding hydrogens is 374 g/mol. The van der Waals surface area contributed by atoms with E-state index in [1.165, 1.54) is 44.9 Å². The normalized spacial score (nSPS) is 18.4. The van der Waals surface area contributed by atoms with Crippen molar-refractivity contribution in [1.29, 1.82) is 5.26 Å². The van der Waals surface area contributed by atoms with Gasteiger partial charge in [0.15, 0.2) is 0 Å². The van der Waals surface area contributed by atoms with Gasteiger partial charge in [-0.15, -0.1) is 0 Å². The van der Waals surface area contributed by atoms with Crippen molar-refractivity contribution in [3.05, 3.63) is 59.7 Å². The van der Waals surface area contributed by atoms with Gasteiger partial charge in [-0.2, -0.15) is 5.26 Å². The molecule has 158 valence electrons. The van der Waals surface area contributed by atoms with E-state index >= 15 is 0 Å². The van der Waals surface area contributed by atoms with Gasteiger partial charge in [0.1, 0.15) is 11.5 Å². The van der Waals surface area contributed by atoms with Gasteiger partial charge in [-0.3, -0.25) is 0 Å². The number of hydrogen-bond acceptors (Lipinski definition) is 4. The maximum Gasteiger partial charge on any atom is 0.343 e. The molecule has 0 heterocycles. The Morgan fingerprint density at radius 1 is 0.967 bits per heavy atom. The summed E-state index contributed by atoms with van der Waals surface area (Å²) >= 11 is 0. The molecule has 2 unspecified atom stereocenters. The van der Waals surface area contributed by atoms with E-state index < -0.39 is 5.97 Å². The number of hydrogen-bond donors (Lipinski definition) is 0. The first kappa shape index (κ1) is 21.9. The Morgan fingerprint density at radius 3 is 2.23 bits per heavy atom. The first-order chi connectivity index (χ1) is 14.7. The largest absolute Gasteiger partial charge is 0.494 e. The lowest BCUT2D eigenvalue weighted by atomic mass is 9.75. The number of ether oxygens (including phenoxy) is 2. The minimum atomic E-state index is -0.425. The van der Waals surface area contributed by atoms with Crippen LogP contribution in [0, 0.1) is 23.2 Å². The van der Waals surface area contributed by atoms with Gasteiger partial charge >= 0.3 is 5.97 Å². The molecule has 0 aliphatic heterocycles. The molecule has 0 spiro atoms. The van der Waals surface area contributed by atoms with Gasteiger partial charge in [-0.25, -0.2) is 4.79 Å². The molecule has 1 aliphatic rings. The minimum absolute atomic E-state index is 0.420. The summed E-state index contributed by atoms with van der Waals surface area (Å²) in [6.45, 7) is 3.00. The van der Waals surface area contributed by atoms with Crippen molar-refractivity contribution in [2.75, 3.05) is 6.61 Å². The van der Waals surface area contributed by atoms with Gasteiger partial charge in [0, 0.05) is 0 Å². The summed E-state index contributed by atoms with van der Waals surface area (Å²) in [6, 6.07) is 15.6. The van der Waals surface area contributed by atoms with Gasteiger partial charge in [0.25, 0.3) is 0 Å². The molecule has 0 aromatic heterocycles. The van der Waals surface area contributed by atoms with Crippen LogP contribution in [-0.2, 0) is 0 Å². The highest BCUT2D eigenvalue weighted by Crippen LogP contribution is 2.36. The number of benzene rings is 2. The summed E-state index contributed by atoms with van der Waals surface area (Å²) in [5, 5.41) is 8.82. The maximum atomic E-state index is 12.3. The molecule has 4 nitrogen and oxygen atoms in total. The summed E-state index contributed by atoms with van der Waals surface area (Å²) in [7, 11) is 0. The van der Waals surface area contributed by atoms with Crippen LogP contribution >= 0.6 is 0 Å². The van der Waals surface area contributed by atoms with Crippen molar-refractivity contribution >= 4 is 5.97 Å². The molecule has 4 heteroatoms. The average Bonchev–Trinajstić information content (AvgIpc) is 2.79. The van der Waals surface area contributed by atoms with Crippen molar-refractivity contribution in [1.82, 2.24) is 0 Å². The van der Waals surface area contributed by atoms with Gasteiger partial charge in [-0.1, -0.05) is 45.4 Å². The molecule has 2 aromatic rings. The van der Waals surface area contributed by atoms with E-state index in [0.29, 0.717) is 23.5 Å². The van der Waals surface area contributed by atoms with E-state index in [1.807, 2.05) is 18.2 Å². The molecule has 0 saturated heterocycles. The van der Waals surface area contributed by atoms with Crippen molar-refractivity contribution in [3.63, 3.8) is 0 Å². The maximum absolute atomic E-state index is 12.3. The number of nitrogens with zero attached hydrogens (tertiary/aromatic N) is 1. The third kappa shape index (κ3) is 6.35. The number of rotatable bonds is 9. The van der Waals surface area contributed by atoms with E-state index in [0.717, 1.165) is 24.0 Å². The van der Waals surface area contributed by atoms with Crippen LogP contribution in [0.3, 0.4) is 0 Å². The van der Waals surface area contributed by atoms with Crippen LogP contribution in [0.25, 0.3) is 0 Å². The van der Waals surface area contributed by atoms with Gasteiger partial charge < -0.3 is 9.47 Å². The van der Waals surface area contributed by atoms with Crippen LogP contribution in [0.2, 0.25) is 0 Å². The lowest BCUT2D eigenvalue weighted by Gasteiger charge is -2.31. The quantitative estimate of drug-likeness (QED) is 0.270. The van der Waals surface area contributed by atoms with Crippen LogP contribution in [0.1, 0.15) is 74.2 Å². The van der Waals surface area contributed by atoms with Crippen LogP contribution in [-0.4, -0.2) is 12.6 Å². The smallest absolute Gasteiger partial charge is 0.343 e. The zero-order valence-electron chi connectivity index (χ0n) is 17.8. The number of nitriles is 1. The van der Waals surface area contributed by atoms with Gasteiger partial charge in [0.05, 0.1) is 23.8 Å². The molecule has 0 bridgehead atoms. The standard InChI is InChI=1S/C26H31NO3/c1-2-6-21-7-3-4-8-22(21)9-5-18-29-24-16-12-23(13-17-24)26(28)30-25-14-10-20(19-27)11-15-25/h10-17,21-22H,2-9,18H2,1H3. The van der Waals surface area contributed by atoms with Crippen molar-refractivity contribution in [3.8, 4) is 17.6 Å². The predicted molar refractivity (Wildman–Crippen MR) is 118 cm³/mol. The zero-order chi connectivity index (χ0) is 21.2. The van der Waals surface area contributed by atoms with Crippen molar-refractivity contribution < 1.29 is 14.3 Å². The predicted octanol–water partition coefficient (Wildman–Crippen LogP) is 6.54. The van der Waals surface area contributed by atoms with E-state index in [4.69, 9.17) is 14.7 Å². The number of esters is 1. The molecule has 3 rings (SSSR count). The Hall–Kier alpha value is -2.80. The Bertz CT molecular complexity index is 834. The first-order valence-corrected chi connectivity index (χ1v) is 11.1. The molecule has 0 radical (unpaired) electrons. The van der Waals surface area contributed by atoms with Crippen LogP contribution in [0.4, 0.5) is 0 Å². The fraction of sp³-hybridized carbons (Fsp3) is 0.462. The molecule has 1 aliphatic carbocycles. The molecule has 2 aromatic carbocycles. The van der Waals surface area contributed by atoms with Crippen LogP contribution < -0.4 is 9.47 Å². The summed E-state index contributed by atoms with van der Waals surface area (Å²) < 4.78 is 11.2. The van der Waals surface area contributed by atoms with Gasteiger partial charge in [0.2, 0.25) is 0 Å². The SMILES string of the molecule is CCCC1CCCCC1CCCOc1ccc(C(=O)Oc2ccc(C#N)cc2)cc1. The monoisotopic (exact) mass is 405 g/mol. The topological polar surface area (TPSA) is 59.3 Å². The highest BCUT2D eigenvalue weighted by atomic mass is 16.5. The summed E-state index contributed by atoms with van der Waals surface area (Å²) in [4.78, 5) is 12.3. The van der Waals surface area contributed by atoms with Gasteiger partial charge in [-0.05, 0) is 73.2 Å². The van der Waals surface area contributed by atoms with Crippen LogP contribution in [0.15, 0.2) is 48.5 Å². The average molecular weight is 406 g/mol. The second-order valence-electron chi connectivity index (χ2n) is 8.13. The molecule has 0 amide bonds. The van der Waals surface area contributed by atoms with E-state index in [2.05, 4.69) is 6.92 Å².